The number of fused-ring (bicyclic) bond motifs is 1. The fraction of sp³-hybridized carbons (Fsp3) is 0.154. The van der Waals surface area contributed by atoms with E-state index in [1.807, 2.05) is 81.5 Å². The number of para-hydroxylation sites is 1. The summed E-state index contributed by atoms with van der Waals surface area (Å²) in [7, 11) is -1.39. The second-order valence-electron chi connectivity index (χ2n) is 6.48. The maximum absolute atomic E-state index is 11.9. The molecule has 0 saturated heterocycles. The fourth-order valence-corrected chi connectivity index (χ4v) is 3.29. The lowest BCUT2D eigenvalue weighted by molar-refractivity contribution is 0.0983. The molecular formula is C26H28N2O2S. The van der Waals surface area contributed by atoms with E-state index in [9.17, 15) is 9.00 Å². The number of carbonyl (C=O) groups is 1. The maximum Gasteiger partial charge on any atom is 0.262 e. The van der Waals surface area contributed by atoms with E-state index >= 15 is 0 Å². The van der Waals surface area contributed by atoms with Gasteiger partial charge in [0.1, 0.15) is 11.0 Å². The van der Waals surface area contributed by atoms with Gasteiger partial charge in [0.05, 0.1) is 11.2 Å². The molecule has 3 rings (SSSR count). The molecule has 0 aliphatic carbocycles. The molecule has 0 radical (unpaired) electrons. The van der Waals surface area contributed by atoms with Gasteiger partial charge in [-0.25, -0.2) is 9.19 Å². The van der Waals surface area contributed by atoms with E-state index in [0.29, 0.717) is 5.56 Å². The summed E-state index contributed by atoms with van der Waals surface area (Å²) in [6, 6.07) is 19.1. The van der Waals surface area contributed by atoms with Crippen LogP contribution in [-0.4, -0.2) is 21.4 Å². The smallest absolute Gasteiger partial charge is 0.262 e. The molecule has 1 amide bonds. The van der Waals surface area contributed by atoms with E-state index in [0.717, 1.165) is 33.3 Å². The van der Waals surface area contributed by atoms with E-state index in [2.05, 4.69) is 17.4 Å². The Bertz CT molecular complexity index is 1150. The van der Waals surface area contributed by atoms with Crippen molar-refractivity contribution in [2.24, 2.45) is 0 Å². The Kier molecular flexibility index (Phi) is 9.10. The highest BCUT2D eigenvalue weighted by Crippen LogP contribution is 2.24. The molecule has 0 aliphatic rings. The number of pyridine rings is 1. The number of aromatic nitrogens is 1. The molecule has 3 aromatic rings. The summed E-state index contributed by atoms with van der Waals surface area (Å²) < 4.78 is 13.5. The van der Waals surface area contributed by atoms with Crippen molar-refractivity contribution < 1.29 is 9.00 Å². The van der Waals surface area contributed by atoms with Crippen LogP contribution in [0.5, 0.6) is 0 Å². The number of nitrogens with one attached hydrogen (secondary N) is 1. The highest BCUT2D eigenvalue weighted by Gasteiger charge is 2.08. The molecular weight excluding hydrogens is 404 g/mol. The van der Waals surface area contributed by atoms with Crippen LogP contribution >= 0.6 is 0 Å². The summed E-state index contributed by atoms with van der Waals surface area (Å²) >= 11 is 0. The summed E-state index contributed by atoms with van der Waals surface area (Å²) in [5.74, 6) is -0.367. The van der Waals surface area contributed by atoms with Gasteiger partial charge in [0, 0.05) is 22.8 Å². The summed E-state index contributed by atoms with van der Waals surface area (Å²) in [6.45, 7) is 10.1. The second-order valence-corrected chi connectivity index (χ2v) is 7.59. The maximum atomic E-state index is 11.9. The van der Waals surface area contributed by atoms with Crippen LogP contribution in [0.2, 0.25) is 0 Å². The van der Waals surface area contributed by atoms with Crippen molar-refractivity contribution in [3.8, 4) is 0 Å². The fourth-order valence-electron chi connectivity index (χ4n) is 2.91. The number of rotatable bonds is 6. The predicted octanol–water partition coefficient (Wildman–Crippen LogP) is 5.96. The molecule has 1 aromatic heterocycles. The van der Waals surface area contributed by atoms with Crippen molar-refractivity contribution in [1.82, 2.24) is 9.71 Å². The molecule has 2 aromatic carbocycles. The van der Waals surface area contributed by atoms with Crippen LogP contribution in [0, 0.1) is 0 Å². The highest BCUT2D eigenvalue weighted by atomic mass is 32.2. The number of allylic oxidation sites excluding steroid dienone is 5. The minimum atomic E-state index is -1.39. The largest absolute Gasteiger partial charge is 0.271 e. The molecule has 1 atom stereocenters. The van der Waals surface area contributed by atoms with Gasteiger partial charge in [-0.05, 0) is 48.4 Å². The topological polar surface area (TPSA) is 59.1 Å². The third kappa shape index (κ3) is 6.59. The Labute approximate surface area is 187 Å². The van der Waals surface area contributed by atoms with Gasteiger partial charge in [0.15, 0.2) is 0 Å². The van der Waals surface area contributed by atoms with Crippen molar-refractivity contribution in [2.75, 3.05) is 6.26 Å². The Hall–Kier alpha value is -3.31. The summed E-state index contributed by atoms with van der Waals surface area (Å²) in [5, 5.41) is 1.09. The highest BCUT2D eigenvalue weighted by molar-refractivity contribution is 7.82. The Morgan fingerprint density at radius 2 is 1.65 bits per heavy atom. The van der Waals surface area contributed by atoms with Crippen molar-refractivity contribution in [1.29, 1.82) is 0 Å². The van der Waals surface area contributed by atoms with Gasteiger partial charge in [-0.2, -0.15) is 0 Å². The van der Waals surface area contributed by atoms with E-state index in [-0.39, 0.29) is 5.91 Å². The molecule has 4 nitrogen and oxygen atoms in total. The SMILES string of the molecule is C=C(/C=C(\C=C/C)c1ccc2ccccc2n1)c1ccc(C(=O)NS(C)=O)cc1.CC. The summed E-state index contributed by atoms with van der Waals surface area (Å²) in [4.78, 5) is 16.7. The quantitative estimate of drug-likeness (QED) is 0.489. The molecule has 0 saturated carbocycles. The van der Waals surface area contributed by atoms with Gasteiger partial charge >= 0.3 is 0 Å². The van der Waals surface area contributed by atoms with Crippen molar-refractivity contribution in [3.05, 3.63) is 102 Å². The van der Waals surface area contributed by atoms with Gasteiger partial charge in [-0.15, -0.1) is 0 Å². The van der Waals surface area contributed by atoms with Crippen LogP contribution in [-0.2, 0) is 11.0 Å². The van der Waals surface area contributed by atoms with E-state index in [1.165, 1.54) is 6.26 Å². The van der Waals surface area contributed by atoms with Gasteiger partial charge < -0.3 is 0 Å². The molecule has 0 aliphatic heterocycles. The number of amides is 1. The number of hydrogen-bond acceptors (Lipinski definition) is 3. The van der Waals surface area contributed by atoms with Crippen LogP contribution in [0.15, 0.2) is 85.5 Å². The lowest BCUT2D eigenvalue weighted by Gasteiger charge is -2.08. The minimum Gasteiger partial charge on any atom is -0.271 e. The number of nitrogens with zero attached hydrogens (tertiary/aromatic N) is 1. The van der Waals surface area contributed by atoms with E-state index in [1.54, 1.807) is 12.1 Å². The second kappa shape index (κ2) is 11.8. The average Bonchev–Trinajstić information content (AvgIpc) is 2.79. The first-order valence-electron chi connectivity index (χ1n) is 10.1. The molecule has 1 unspecified atom stereocenters. The van der Waals surface area contributed by atoms with Gasteiger partial charge in [0.25, 0.3) is 5.91 Å². The van der Waals surface area contributed by atoms with Gasteiger partial charge in [0.2, 0.25) is 0 Å². The standard InChI is InChI=1S/C24H22N2O2S.C2H6/c1-4-7-21(23-15-14-19-8-5-6-9-22(19)25-23)16-17(2)18-10-12-20(13-11-18)24(27)26-29(3)28;1-2/h4-16H,2H2,1,3H3,(H,26,27);1-2H3/b7-4-,21-16+;. The summed E-state index contributed by atoms with van der Waals surface area (Å²) in [6.07, 6.45) is 7.37. The average molecular weight is 433 g/mol. The first-order valence-corrected chi connectivity index (χ1v) is 11.7. The molecule has 31 heavy (non-hydrogen) atoms. The zero-order valence-electron chi connectivity index (χ0n) is 18.4. The lowest BCUT2D eigenvalue weighted by atomic mass is 10.0. The van der Waals surface area contributed by atoms with Crippen LogP contribution in [0.1, 0.15) is 42.4 Å². The number of hydrogen-bond donors (Lipinski definition) is 1. The zero-order chi connectivity index (χ0) is 22.8. The van der Waals surface area contributed by atoms with Crippen LogP contribution in [0.3, 0.4) is 0 Å². The predicted molar refractivity (Wildman–Crippen MR) is 133 cm³/mol. The van der Waals surface area contributed by atoms with E-state index in [4.69, 9.17) is 4.98 Å². The van der Waals surface area contributed by atoms with Gasteiger partial charge in [-0.3, -0.25) is 9.52 Å². The van der Waals surface area contributed by atoms with Gasteiger partial charge in [-0.1, -0.05) is 69.0 Å². The van der Waals surface area contributed by atoms with Crippen LogP contribution < -0.4 is 4.72 Å². The first-order chi connectivity index (χ1) is 15.0. The third-order valence-electron chi connectivity index (χ3n) is 4.32. The molecule has 160 valence electrons. The van der Waals surface area contributed by atoms with Crippen molar-refractivity contribution in [3.63, 3.8) is 0 Å². The Balaban J connectivity index is 0.00000166. The third-order valence-corrected chi connectivity index (χ3v) is 4.80. The Morgan fingerprint density at radius 1 is 1.00 bits per heavy atom. The van der Waals surface area contributed by atoms with E-state index < -0.39 is 11.0 Å². The summed E-state index contributed by atoms with van der Waals surface area (Å²) in [5.41, 5.74) is 4.90. The minimum absolute atomic E-state index is 0.367. The lowest BCUT2D eigenvalue weighted by Crippen LogP contribution is -2.24. The van der Waals surface area contributed by atoms with Crippen LogP contribution in [0.25, 0.3) is 22.0 Å². The molecule has 5 heteroatoms. The molecule has 1 N–H and O–H groups in total. The van der Waals surface area contributed by atoms with Crippen molar-refractivity contribution >= 4 is 38.9 Å². The first kappa shape index (κ1) is 24.0. The molecule has 0 bridgehead atoms. The van der Waals surface area contributed by atoms with Crippen LogP contribution in [0.4, 0.5) is 0 Å². The number of carbonyl (C=O) groups excluding carboxylic acids is 1. The molecule has 1 heterocycles. The van der Waals surface area contributed by atoms with Crippen molar-refractivity contribution in [2.45, 2.75) is 20.8 Å². The molecule has 0 fully saturated rings. The normalized spacial score (nSPS) is 12.2. The molecule has 0 spiro atoms. The zero-order valence-corrected chi connectivity index (χ0v) is 19.2. The monoisotopic (exact) mass is 432 g/mol. The number of benzene rings is 2. The Morgan fingerprint density at radius 3 is 2.29 bits per heavy atom.